The summed E-state index contributed by atoms with van der Waals surface area (Å²) in [6.45, 7) is 0. The molecule has 0 atom stereocenters. The van der Waals surface area contributed by atoms with Crippen molar-refractivity contribution in [2.24, 2.45) is 4.99 Å². The van der Waals surface area contributed by atoms with Crippen LogP contribution in [0.15, 0.2) is 83.9 Å². The van der Waals surface area contributed by atoms with Gasteiger partial charge in [0.25, 0.3) is 0 Å². The average molecular weight is 315 g/mol. The Balaban J connectivity index is 1.81. The van der Waals surface area contributed by atoms with Gasteiger partial charge in [0.1, 0.15) is 11.6 Å². The Morgan fingerprint density at radius 3 is 2.29 bits per heavy atom. The molecule has 1 heterocycles. The molecule has 0 spiro atoms. The Hall–Kier alpha value is -3.20. The predicted octanol–water partition coefficient (Wildman–Crippen LogP) is 5.43. The van der Waals surface area contributed by atoms with E-state index in [2.05, 4.69) is 4.99 Å². The number of aliphatic imine (C=N–C) groups is 1. The van der Waals surface area contributed by atoms with Gasteiger partial charge in [-0.1, -0.05) is 42.5 Å². The Morgan fingerprint density at radius 2 is 1.50 bits per heavy atom. The van der Waals surface area contributed by atoms with E-state index < -0.39 is 0 Å². The van der Waals surface area contributed by atoms with Crippen LogP contribution in [0.1, 0.15) is 16.7 Å². The van der Waals surface area contributed by atoms with Gasteiger partial charge in [0.2, 0.25) is 5.90 Å². The summed E-state index contributed by atoms with van der Waals surface area (Å²) in [6.07, 6.45) is 1.90. The Kier molecular flexibility index (Phi) is 3.67. The van der Waals surface area contributed by atoms with Gasteiger partial charge in [-0.25, -0.2) is 9.38 Å². The fraction of sp³-hybridized carbons (Fsp3) is 0. The molecule has 116 valence electrons. The number of nitrogens with zero attached hydrogens (tertiary/aromatic N) is 1. The smallest absolute Gasteiger partial charge is 0.227 e. The summed E-state index contributed by atoms with van der Waals surface area (Å²) in [7, 11) is 0. The molecule has 0 saturated carbocycles. The van der Waals surface area contributed by atoms with Crippen LogP contribution >= 0.6 is 0 Å². The Bertz CT molecular complexity index is 928. The molecule has 4 rings (SSSR count). The van der Waals surface area contributed by atoms with E-state index in [-0.39, 0.29) is 5.82 Å². The van der Waals surface area contributed by atoms with Gasteiger partial charge in [0, 0.05) is 11.1 Å². The van der Waals surface area contributed by atoms with E-state index in [0.29, 0.717) is 11.7 Å². The van der Waals surface area contributed by atoms with Crippen LogP contribution in [0.2, 0.25) is 0 Å². The maximum atomic E-state index is 13.1. The lowest BCUT2D eigenvalue weighted by Gasteiger charge is -2.19. The number of ether oxygens (including phenoxy) is 1. The van der Waals surface area contributed by atoms with E-state index >= 15 is 0 Å². The minimum atomic E-state index is -0.256. The first-order valence-electron chi connectivity index (χ1n) is 7.68. The van der Waals surface area contributed by atoms with E-state index in [0.717, 1.165) is 22.4 Å². The zero-order chi connectivity index (χ0) is 16.4. The fourth-order valence-corrected chi connectivity index (χ4v) is 2.59. The van der Waals surface area contributed by atoms with Gasteiger partial charge in [-0.3, -0.25) is 0 Å². The normalized spacial score (nSPS) is 14.7. The summed E-state index contributed by atoms with van der Waals surface area (Å²) in [4.78, 5) is 4.62. The molecular weight excluding hydrogens is 301 g/mol. The number of para-hydroxylation sites is 1. The molecular formula is C21H14FNO. The monoisotopic (exact) mass is 315 g/mol. The number of halogens is 1. The first-order valence-corrected chi connectivity index (χ1v) is 7.68. The van der Waals surface area contributed by atoms with Crippen molar-refractivity contribution in [3.05, 3.63) is 101 Å². The molecule has 3 heteroatoms. The summed E-state index contributed by atoms with van der Waals surface area (Å²) in [5.74, 6) is 1.00. The zero-order valence-electron chi connectivity index (χ0n) is 12.8. The van der Waals surface area contributed by atoms with Crippen molar-refractivity contribution >= 4 is 23.4 Å². The lowest BCUT2D eigenvalue weighted by Crippen LogP contribution is -2.10. The highest BCUT2D eigenvalue weighted by molar-refractivity contribution is 6.04. The number of benzene rings is 3. The minimum Gasteiger partial charge on any atom is -0.438 e. The van der Waals surface area contributed by atoms with Crippen molar-refractivity contribution in [1.29, 1.82) is 0 Å². The highest BCUT2D eigenvalue weighted by Gasteiger charge is 2.19. The molecule has 1 aliphatic rings. The summed E-state index contributed by atoms with van der Waals surface area (Å²) >= 11 is 0. The molecule has 2 nitrogen and oxygen atoms in total. The van der Waals surface area contributed by atoms with Crippen molar-refractivity contribution in [1.82, 2.24) is 0 Å². The van der Waals surface area contributed by atoms with E-state index in [4.69, 9.17) is 4.74 Å². The molecule has 0 aromatic heterocycles. The van der Waals surface area contributed by atoms with Crippen molar-refractivity contribution in [3.63, 3.8) is 0 Å². The molecule has 24 heavy (non-hydrogen) atoms. The van der Waals surface area contributed by atoms with Gasteiger partial charge >= 0.3 is 0 Å². The standard InChI is InChI=1S/C21H14FNO/c22-17-12-10-15(11-13-17)14-20-18-8-4-5-9-19(18)23-21(24-20)16-6-2-1-3-7-16/h1-14H/b20-14-. The third-order valence-electron chi connectivity index (χ3n) is 3.79. The highest BCUT2D eigenvalue weighted by Crippen LogP contribution is 2.34. The van der Waals surface area contributed by atoms with Crippen molar-refractivity contribution in [2.75, 3.05) is 0 Å². The molecule has 0 aliphatic carbocycles. The third kappa shape index (κ3) is 2.84. The molecule has 3 aromatic rings. The Labute approximate surface area is 139 Å². The number of fused-ring (bicyclic) bond motifs is 1. The van der Waals surface area contributed by atoms with Crippen LogP contribution in [-0.2, 0) is 4.74 Å². The van der Waals surface area contributed by atoms with E-state index in [1.165, 1.54) is 12.1 Å². The quantitative estimate of drug-likeness (QED) is 0.617. The first kappa shape index (κ1) is 14.4. The number of hydrogen-bond acceptors (Lipinski definition) is 2. The molecule has 3 aromatic carbocycles. The SMILES string of the molecule is Fc1ccc(/C=C2\OC(c3ccccc3)=Nc3ccccc32)cc1. The van der Waals surface area contributed by atoms with Crippen LogP contribution in [0, 0.1) is 5.82 Å². The predicted molar refractivity (Wildman–Crippen MR) is 94.4 cm³/mol. The largest absolute Gasteiger partial charge is 0.438 e. The van der Waals surface area contributed by atoms with Crippen LogP contribution in [0.4, 0.5) is 10.1 Å². The fourth-order valence-electron chi connectivity index (χ4n) is 2.59. The van der Waals surface area contributed by atoms with Gasteiger partial charge < -0.3 is 4.74 Å². The molecule has 0 N–H and O–H groups in total. The third-order valence-corrected chi connectivity index (χ3v) is 3.79. The van der Waals surface area contributed by atoms with Gasteiger partial charge in [0.15, 0.2) is 0 Å². The minimum absolute atomic E-state index is 0.256. The molecule has 0 bridgehead atoms. The lowest BCUT2D eigenvalue weighted by molar-refractivity contribution is 0.507. The van der Waals surface area contributed by atoms with Crippen molar-refractivity contribution < 1.29 is 9.13 Å². The van der Waals surface area contributed by atoms with E-state index in [1.807, 2.05) is 60.7 Å². The molecule has 0 unspecified atom stereocenters. The second-order valence-electron chi connectivity index (χ2n) is 5.46. The van der Waals surface area contributed by atoms with Crippen molar-refractivity contribution in [3.8, 4) is 0 Å². The molecule has 0 amide bonds. The van der Waals surface area contributed by atoms with Crippen molar-refractivity contribution in [2.45, 2.75) is 0 Å². The number of hydrogen-bond donors (Lipinski definition) is 0. The van der Waals surface area contributed by atoms with Crippen LogP contribution in [0.25, 0.3) is 11.8 Å². The van der Waals surface area contributed by atoms with Gasteiger partial charge in [-0.05, 0) is 48.0 Å². The molecule has 0 radical (unpaired) electrons. The average Bonchev–Trinajstić information content (AvgIpc) is 2.64. The lowest BCUT2D eigenvalue weighted by atomic mass is 10.1. The van der Waals surface area contributed by atoms with Crippen LogP contribution in [0.5, 0.6) is 0 Å². The summed E-state index contributed by atoms with van der Waals surface area (Å²) in [5, 5.41) is 0. The molecule has 1 aliphatic heterocycles. The molecule has 0 saturated heterocycles. The van der Waals surface area contributed by atoms with E-state index in [9.17, 15) is 4.39 Å². The van der Waals surface area contributed by atoms with Gasteiger partial charge in [0.05, 0.1) is 5.69 Å². The summed E-state index contributed by atoms with van der Waals surface area (Å²) in [6, 6.07) is 23.9. The molecule has 0 fully saturated rings. The maximum Gasteiger partial charge on any atom is 0.227 e. The Morgan fingerprint density at radius 1 is 0.792 bits per heavy atom. The maximum absolute atomic E-state index is 13.1. The van der Waals surface area contributed by atoms with Gasteiger partial charge in [-0.15, -0.1) is 0 Å². The topological polar surface area (TPSA) is 21.6 Å². The zero-order valence-corrected chi connectivity index (χ0v) is 12.8. The second kappa shape index (κ2) is 6.13. The van der Waals surface area contributed by atoms with Gasteiger partial charge in [-0.2, -0.15) is 0 Å². The summed E-state index contributed by atoms with van der Waals surface area (Å²) in [5.41, 5.74) is 3.56. The van der Waals surface area contributed by atoms with E-state index in [1.54, 1.807) is 12.1 Å². The highest BCUT2D eigenvalue weighted by atomic mass is 19.1. The van der Waals surface area contributed by atoms with Crippen LogP contribution in [-0.4, -0.2) is 5.90 Å². The van der Waals surface area contributed by atoms with Crippen LogP contribution in [0.3, 0.4) is 0 Å². The second-order valence-corrected chi connectivity index (χ2v) is 5.46. The first-order chi connectivity index (χ1) is 11.8. The summed E-state index contributed by atoms with van der Waals surface area (Å²) < 4.78 is 19.2. The number of rotatable bonds is 2. The van der Waals surface area contributed by atoms with Crippen LogP contribution < -0.4 is 0 Å².